The zero-order valence-electron chi connectivity index (χ0n) is 16.3. The van der Waals surface area contributed by atoms with Crippen LogP contribution in [0, 0.1) is 25.7 Å². The highest BCUT2D eigenvalue weighted by atomic mass is 16.5. The number of nitrogens with zero attached hydrogens (tertiary/aromatic N) is 4. The molecule has 0 radical (unpaired) electrons. The summed E-state index contributed by atoms with van der Waals surface area (Å²) in [5.74, 6) is 1.38. The molecule has 7 nitrogen and oxygen atoms in total. The zero-order chi connectivity index (χ0) is 19.3. The molecule has 5 heterocycles. The van der Waals surface area contributed by atoms with Gasteiger partial charge in [-0.3, -0.25) is 9.78 Å². The highest BCUT2D eigenvalue weighted by Crippen LogP contribution is 2.54. The van der Waals surface area contributed by atoms with E-state index in [4.69, 9.17) is 4.74 Å². The smallest absolute Gasteiger partial charge is 0.270 e. The molecule has 1 N–H and O–H groups in total. The minimum absolute atomic E-state index is 0.105. The third-order valence-corrected chi connectivity index (χ3v) is 6.57. The van der Waals surface area contributed by atoms with E-state index >= 15 is 0 Å². The molecule has 2 bridgehead atoms. The third kappa shape index (κ3) is 2.76. The Morgan fingerprint density at radius 1 is 1.32 bits per heavy atom. The summed E-state index contributed by atoms with van der Waals surface area (Å²) < 4.78 is 6.48. The molecule has 1 spiro atoms. The van der Waals surface area contributed by atoms with E-state index in [0.717, 1.165) is 43.1 Å². The lowest BCUT2D eigenvalue weighted by molar-refractivity contribution is 0.0141. The monoisotopic (exact) mass is 379 g/mol. The van der Waals surface area contributed by atoms with Crippen LogP contribution in [0.3, 0.4) is 0 Å². The molecular formula is C21H25N5O2. The maximum Gasteiger partial charge on any atom is 0.270 e. The summed E-state index contributed by atoms with van der Waals surface area (Å²) in [5, 5.41) is 3.11. The highest BCUT2D eigenvalue weighted by molar-refractivity contribution is 5.93. The molecule has 7 heteroatoms. The van der Waals surface area contributed by atoms with Gasteiger partial charge in [-0.15, -0.1) is 0 Å². The van der Waals surface area contributed by atoms with Crippen molar-refractivity contribution in [3.05, 3.63) is 47.5 Å². The van der Waals surface area contributed by atoms with Crippen LogP contribution in [-0.2, 0) is 4.74 Å². The molecule has 3 aliphatic rings. The second-order valence-electron chi connectivity index (χ2n) is 8.29. The standard InChI is InChI=1S/C21H25N5O2/c1-13-4-3-8-22-18(13)19(27)24-10-15-16-11-26(20-23-9-6-14(2)25-20)12-21(16)7-5-17(15)28-21/h3-4,6,8-9,15-17H,5,7,10-12H2,1-2H3,(H,24,27)/t15-,16+,17+,21+/m0/s1. The summed E-state index contributed by atoms with van der Waals surface area (Å²) in [7, 11) is 0. The number of carbonyl (C=O) groups is 1. The lowest BCUT2D eigenvalue weighted by atomic mass is 9.73. The van der Waals surface area contributed by atoms with Gasteiger partial charge in [-0.1, -0.05) is 6.07 Å². The summed E-state index contributed by atoms with van der Waals surface area (Å²) in [6.45, 7) is 6.23. The van der Waals surface area contributed by atoms with E-state index < -0.39 is 0 Å². The molecule has 1 amide bonds. The summed E-state index contributed by atoms with van der Waals surface area (Å²) in [6.07, 6.45) is 5.84. The van der Waals surface area contributed by atoms with E-state index in [0.29, 0.717) is 24.1 Å². The van der Waals surface area contributed by atoms with Crippen LogP contribution in [-0.4, -0.2) is 52.2 Å². The van der Waals surface area contributed by atoms with E-state index in [2.05, 4.69) is 25.2 Å². The Balaban J connectivity index is 1.31. The molecule has 5 rings (SSSR count). The Bertz CT molecular complexity index is 919. The topological polar surface area (TPSA) is 80.2 Å². The number of aryl methyl sites for hydroxylation is 2. The van der Waals surface area contributed by atoms with E-state index in [-0.39, 0.29) is 17.6 Å². The number of hydrogen-bond acceptors (Lipinski definition) is 6. The van der Waals surface area contributed by atoms with E-state index in [1.54, 1.807) is 6.20 Å². The van der Waals surface area contributed by atoms with Crippen LogP contribution in [0.1, 0.15) is 34.6 Å². The minimum atomic E-state index is -0.117. The van der Waals surface area contributed by atoms with Gasteiger partial charge in [0.1, 0.15) is 5.69 Å². The van der Waals surface area contributed by atoms with Gasteiger partial charge in [0.05, 0.1) is 18.2 Å². The van der Waals surface area contributed by atoms with Crippen LogP contribution in [0.5, 0.6) is 0 Å². The number of anilines is 1. The van der Waals surface area contributed by atoms with Gasteiger partial charge in [-0.2, -0.15) is 0 Å². The summed E-state index contributed by atoms with van der Waals surface area (Å²) >= 11 is 0. The van der Waals surface area contributed by atoms with E-state index in [1.165, 1.54) is 0 Å². The van der Waals surface area contributed by atoms with Crippen molar-refractivity contribution in [2.45, 2.75) is 38.4 Å². The molecule has 0 aliphatic carbocycles. The number of aromatic nitrogens is 3. The Morgan fingerprint density at radius 2 is 2.21 bits per heavy atom. The molecule has 3 aliphatic heterocycles. The summed E-state index contributed by atoms with van der Waals surface area (Å²) in [6, 6.07) is 5.67. The average Bonchev–Trinajstić information content (AvgIpc) is 3.35. The van der Waals surface area contributed by atoms with Gasteiger partial charge < -0.3 is 15.0 Å². The molecule has 0 aromatic carbocycles. The van der Waals surface area contributed by atoms with Gasteiger partial charge in [-0.25, -0.2) is 9.97 Å². The number of nitrogens with one attached hydrogen (secondary N) is 1. The fourth-order valence-electron chi connectivity index (χ4n) is 5.22. The number of fused-ring (bicyclic) bond motifs is 1. The second-order valence-corrected chi connectivity index (χ2v) is 8.29. The van der Waals surface area contributed by atoms with Crippen molar-refractivity contribution in [2.24, 2.45) is 11.8 Å². The first-order valence-corrected chi connectivity index (χ1v) is 9.98. The van der Waals surface area contributed by atoms with Crippen molar-refractivity contribution in [3.63, 3.8) is 0 Å². The van der Waals surface area contributed by atoms with Crippen LogP contribution < -0.4 is 10.2 Å². The lowest BCUT2D eigenvalue weighted by Crippen LogP contribution is -2.42. The van der Waals surface area contributed by atoms with Crippen LogP contribution in [0.4, 0.5) is 5.95 Å². The molecule has 4 atom stereocenters. The van der Waals surface area contributed by atoms with Crippen LogP contribution in [0.2, 0.25) is 0 Å². The number of pyridine rings is 1. The van der Waals surface area contributed by atoms with Crippen LogP contribution in [0.15, 0.2) is 30.6 Å². The molecule has 0 saturated carbocycles. The van der Waals surface area contributed by atoms with Crippen molar-refractivity contribution in [1.82, 2.24) is 20.3 Å². The maximum absolute atomic E-state index is 12.6. The molecule has 146 valence electrons. The van der Waals surface area contributed by atoms with Crippen molar-refractivity contribution >= 4 is 11.9 Å². The normalized spacial score (nSPS) is 30.5. The predicted octanol–water partition coefficient (Wildman–Crippen LogP) is 1.90. The quantitative estimate of drug-likeness (QED) is 0.874. The first kappa shape index (κ1) is 17.6. The third-order valence-electron chi connectivity index (χ3n) is 6.57. The Labute approximate surface area is 164 Å². The zero-order valence-corrected chi connectivity index (χ0v) is 16.3. The van der Waals surface area contributed by atoms with E-state index in [9.17, 15) is 4.79 Å². The molecule has 3 fully saturated rings. The Morgan fingerprint density at radius 3 is 3.04 bits per heavy atom. The van der Waals surface area contributed by atoms with Crippen molar-refractivity contribution < 1.29 is 9.53 Å². The lowest BCUT2D eigenvalue weighted by Gasteiger charge is -2.29. The number of ether oxygens (including phenoxy) is 1. The van der Waals surface area contributed by atoms with Gasteiger partial charge in [0.25, 0.3) is 5.91 Å². The van der Waals surface area contributed by atoms with Gasteiger partial charge in [0.2, 0.25) is 5.95 Å². The molecular weight excluding hydrogens is 354 g/mol. The van der Waals surface area contributed by atoms with Gasteiger partial charge in [0.15, 0.2) is 0 Å². The second kappa shape index (κ2) is 6.51. The largest absolute Gasteiger partial charge is 0.369 e. The first-order valence-electron chi connectivity index (χ1n) is 9.98. The Kier molecular flexibility index (Phi) is 4.08. The molecule has 2 aromatic heterocycles. The predicted molar refractivity (Wildman–Crippen MR) is 104 cm³/mol. The first-order chi connectivity index (χ1) is 13.6. The van der Waals surface area contributed by atoms with Gasteiger partial charge in [-0.05, 0) is 44.4 Å². The summed E-state index contributed by atoms with van der Waals surface area (Å²) in [4.78, 5) is 28.1. The van der Waals surface area contributed by atoms with Gasteiger partial charge in [0, 0.05) is 43.0 Å². The SMILES string of the molecule is Cc1ccnc(N2C[C@@H]3[C@H](CNC(=O)c4ncccc4C)[C@H]4CC[C@]3(C2)O4)n1. The molecule has 3 saturated heterocycles. The number of rotatable bonds is 4. The number of hydrogen-bond donors (Lipinski definition) is 1. The van der Waals surface area contributed by atoms with Crippen LogP contribution in [0.25, 0.3) is 0 Å². The van der Waals surface area contributed by atoms with Crippen LogP contribution >= 0.6 is 0 Å². The van der Waals surface area contributed by atoms with Crippen molar-refractivity contribution in [3.8, 4) is 0 Å². The maximum atomic E-state index is 12.6. The van der Waals surface area contributed by atoms with Crippen molar-refractivity contribution in [2.75, 3.05) is 24.5 Å². The van der Waals surface area contributed by atoms with E-state index in [1.807, 2.05) is 38.2 Å². The molecule has 0 unspecified atom stereocenters. The minimum Gasteiger partial charge on any atom is -0.369 e. The summed E-state index contributed by atoms with van der Waals surface area (Å²) in [5.41, 5.74) is 2.25. The van der Waals surface area contributed by atoms with Crippen molar-refractivity contribution in [1.29, 1.82) is 0 Å². The Hall–Kier alpha value is -2.54. The molecule has 2 aromatic rings. The molecule has 28 heavy (non-hydrogen) atoms. The van der Waals surface area contributed by atoms with Gasteiger partial charge >= 0.3 is 0 Å². The average molecular weight is 379 g/mol. The fraction of sp³-hybridized carbons (Fsp3) is 0.524. The number of carbonyl (C=O) groups excluding carboxylic acids is 1. The number of amides is 1. The highest BCUT2D eigenvalue weighted by Gasteiger charge is 2.63. The fourth-order valence-corrected chi connectivity index (χ4v) is 5.22.